The molecule has 0 amide bonds. The number of aliphatic hydroxyl groups excluding tert-OH is 1. The summed E-state index contributed by atoms with van der Waals surface area (Å²) in [7, 11) is 0. The number of nitrogens with zero attached hydrogens (tertiary/aromatic N) is 2. The number of hydrogen-bond donors (Lipinski definition) is 2. The van der Waals surface area contributed by atoms with Crippen molar-refractivity contribution in [1.82, 2.24) is 9.80 Å². The van der Waals surface area contributed by atoms with Crippen molar-refractivity contribution in [3.63, 3.8) is 0 Å². The Kier molecular flexibility index (Phi) is 4.81. The molecule has 0 aromatic rings. The summed E-state index contributed by atoms with van der Waals surface area (Å²) in [6.07, 6.45) is 0. The van der Waals surface area contributed by atoms with E-state index in [4.69, 9.17) is 10.8 Å². The second kappa shape index (κ2) is 5.66. The Morgan fingerprint density at radius 3 is 2.64 bits per heavy atom. The highest BCUT2D eigenvalue weighted by Crippen LogP contribution is 2.11. The van der Waals surface area contributed by atoms with Gasteiger partial charge in [0.2, 0.25) is 0 Å². The van der Waals surface area contributed by atoms with Gasteiger partial charge in [0.15, 0.2) is 0 Å². The predicted octanol–water partition coefficient (Wildman–Crippen LogP) is -0.668. The molecule has 1 aliphatic rings. The van der Waals surface area contributed by atoms with Crippen LogP contribution in [0.1, 0.15) is 13.8 Å². The lowest BCUT2D eigenvalue weighted by Crippen LogP contribution is -2.57. The molecule has 1 aliphatic heterocycles. The first-order chi connectivity index (χ1) is 6.72. The molecule has 0 aromatic carbocycles. The van der Waals surface area contributed by atoms with E-state index in [1.165, 1.54) is 0 Å². The van der Waals surface area contributed by atoms with Crippen LogP contribution in [0.15, 0.2) is 0 Å². The fraction of sp³-hybridized carbons (Fsp3) is 1.00. The molecular weight excluding hydrogens is 178 g/mol. The normalized spacial score (nSPS) is 27.9. The number of piperazine rings is 1. The van der Waals surface area contributed by atoms with E-state index in [9.17, 15) is 0 Å². The number of hydrogen-bond acceptors (Lipinski definition) is 4. The Balaban J connectivity index is 2.44. The van der Waals surface area contributed by atoms with Crippen LogP contribution >= 0.6 is 0 Å². The predicted molar refractivity (Wildman–Crippen MR) is 58.2 cm³/mol. The summed E-state index contributed by atoms with van der Waals surface area (Å²) in [6.45, 7) is 9.41. The standard InChI is InChI=1S/C10H23N3O/c1-3-12-4-5-13(7-9(12)2)10(6-11)8-14/h9-10,14H,3-8,11H2,1-2H3. The second-order valence-electron chi connectivity index (χ2n) is 4.04. The van der Waals surface area contributed by atoms with Gasteiger partial charge in [-0.3, -0.25) is 9.80 Å². The summed E-state index contributed by atoms with van der Waals surface area (Å²) in [4.78, 5) is 4.76. The summed E-state index contributed by atoms with van der Waals surface area (Å²) < 4.78 is 0. The first-order valence-electron chi connectivity index (χ1n) is 5.51. The summed E-state index contributed by atoms with van der Waals surface area (Å²) >= 11 is 0. The Bertz CT molecular complexity index is 161. The molecule has 2 atom stereocenters. The molecule has 0 aromatic heterocycles. The lowest BCUT2D eigenvalue weighted by Gasteiger charge is -2.42. The number of rotatable bonds is 4. The quantitative estimate of drug-likeness (QED) is 0.633. The Hall–Kier alpha value is -0.160. The minimum atomic E-state index is 0.149. The van der Waals surface area contributed by atoms with E-state index < -0.39 is 0 Å². The highest BCUT2D eigenvalue weighted by atomic mass is 16.3. The monoisotopic (exact) mass is 201 g/mol. The summed E-state index contributed by atoms with van der Waals surface area (Å²) in [5, 5.41) is 9.15. The third kappa shape index (κ3) is 2.67. The zero-order valence-corrected chi connectivity index (χ0v) is 9.32. The smallest absolute Gasteiger partial charge is 0.0599 e. The number of aliphatic hydroxyl groups is 1. The van der Waals surface area contributed by atoms with Crippen LogP contribution in [0.25, 0.3) is 0 Å². The van der Waals surface area contributed by atoms with Gasteiger partial charge < -0.3 is 10.8 Å². The maximum atomic E-state index is 9.15. The van der Waals surface area contributed by atoms with Crippen LogP contribution in [-0.4, -0.2) is 66.3 Å². The van der Waals surface area contributed by atoms with Gasteiger partial charge >= 0.3 is 0 Å². The van der Waals surface area contributed by atoms with Crippen molar-refractivity contribution in [2.75, 3.05) is 39.3 Å². The van der Waals surface area contributed by atoms with Crippen molar-refractivity contribution >= 4 is 0 Å². The number of nitrogens with two attached hydrogens (primary N) is 1. The van der Waals surface area contributed by atoms with Crippen molar-refractivity contribution in [2.24, 2.45) is 5.73 Å². The molecule has 0 bridgehead atoms. The van der Waals surface area contributed by atoms with Crippen molar-refractivity contribution in [2.45, 2.75) is 25.9 Å². The van der Waals surface area contributed by atoms with E-state index >= 15 is 0 Å². The minimum absolute atomic E-state index is 0.149. The van der Waals surface area contributed by atoms with E-state index in [0.717, 1.165) is 26.2 Å². The van der Waals surface area contributed by atoms with Crippen LogP contribution in [0, 0.1) is 0 Å². The van der Waals surface area contributed by atoms with E-state index in [1.54, 1.807) is 0 Å². The van der Waals surface area contributed by atoms with E-state index in [0.29, 0.717) is 12.6 Å². The third-order valence-corrected chi connectivity index (χ3v) is 3.20. The molecule has 1 rings (SSSR count). The van der Waals surface area contributed by atoms with Gasteiger partial charge in [-0.1, -0.05) is 6.92 Å². The maximum absolute atomic E-state index is 9.15. The lowest BCUT2D eigenvalue weighted by molar-refractivity contribution is 0.0404. The van der Waals surface area contributed by atoms with Crippen LogP contribution in [0.5, 0.6) is 0 Å². The van der Waals surface area contributed by atoms with Crippen molar-refractivity contribution in [3.05, 3.63) is 0 Å². The summed E-state index contributed by atoms with van der Waals surface area (Å²) in [6, 6.07) is 0.728. The molecule has 4 nitrogen and oxygen atoms in total. The first-order valence-corrected chi connectivity index (χ1v) is 5.51. The Morgan fingerprint density at radius 2 is 2.21 bits per heavy atom. The van der Waals surface area contributed by atoms with Gasteiger partial charge in [-0.2, -0.15) is 0 Å². The molecule has 4 heteroatoms. The molecule has 3 N–H and O–H groups in total. The average molecular weight is 201 g/mol. The highest BCUT2D eigenvalue weighted by Gasteiger charge is 2.26. The van der Waals surface area contributed by atoms with Gasteiger partial charge in [-0.15, -0.1) is 0 Å². The third-order valence-electron chi connectivity index (χ3n) is 3.20. The van der Waals surface area contributed by atoms with Crippen molar-refractivity contribution < 1.29 is 5.11 Å². The molecular formula is C10H23N3O. The average Bonchev–Trinajstić information content (AvgIpc) is 2.20. The fourth-order valence-corrected chi connectivity index (χ4v) is 2.16. The lowest BCUT2D eigenvalue weighted by atomic mass is 10.1. The molecule has 0 radical (unpaired) electrons. The molecule has 0 spiro atoms. The fourth-order valence-electron chi connectivity index (χ4n) is 2.16. The van der Waals surface area contributed by atoms with Gasteiger partial charge in [0.05, 0.1) is 6.61 Å². The Morgan fingerprint density at radius 1 is 1.50 bits per heavy atom. The largest absolute Gasteiger partial charge is 0.395 e. The maximum Gasteiger partial charge on any atom is 0.0599 e. The minimum Gasteiger partial charge on any atom is -0.395 e. The highest BCUT2D eigenvalue weighted by molar-refractivity contribution is 4.83. The zero-order chi connectivity index (χ0) is 10.6. The van der Waals surface area contributed by atoms with Gasteiger partial charge in [0, 0.05) is 38.3 Å². The topological polar surface area (TPSA) is 52.7 Å². The van der Waals surface area contributed by atoms with Crippen LogP contribution in [0.2, 0.25) is 0 Å². The van der Waals surface area contributed by atoms with E-state index in [2.05, 4.69) is 23.6 Å². The van der Waals surface area contributed by atoms with Gasteiger partial charge in [0.1, 0.15) is 0 Å². The van der Waals surface area contributed by atoms with Gasteiger partial charge in [0.25, 0.3) is 0 Å². The Labute approximate surface area is 86.7 Å². The van der Waals surface area contributed by atoms with Crippen LogP contribution in [0.4, 0.5) is 0 Å². The molecule has 0 aliphatic carbocycles. The van der Waals surface area contributed by atoms with Crippen molar-refractivity contribution in [1.29, 1.82) is 0 Å². The van der Waals surface area contributed by atoms with E-state index in [1.807, 2.05) is 0 Å². The zero-order valence-electron chi connectivity index (χ0n) is 9.32. The van der Waals surface area contributed by atoms with E-state index in [-0.39, 0.29) is 12.6 Å². The molecule has 1 saturated heterocycles. The summed E-state index contributed by atoms with van der Waals surface area (Å²) in [5.41, 5.74) is 5.61. The second-order valence-corrected chi connectivity index (χ2v) is 4.04. The van der Waals surface area contributed by atoms with Crippen LogP contribution in [0.3, 0.4) is 0 Å². The summed E-state index contributed by atoms with van der Waals surface area (Å²) in [5.74, 6) is 0. The first kappa shape index (κ1) is 11.9. The number of likely N-dealkylation sites (N-methyl/N-ethyl adjacent to an activating group) is 1. The van der Waals surface area contributed by atoms with Crippen LogP contribution < -0.4 is 5.73 Å². The SMILES string of the molecule is CCN1CCN(C(CN)CO)CC1C. The molecule has 84 valence electrons. The van der Waals surface area contributed by atoms with Crippen LogP contribution in [-0.2, 0) is 0 Å². The van der Waals surface area contributed by atoms with Gasteiger partial charge in [-0.25, -0.2) is 0 Å². The molecule has 1 fully saturated rings. The molecule has 0 saturated carbocycles. The van der Waals surface area contributed by atoms with Gasteiger partial charge in [-0.05, 0) is 13.5 Å². The van der Waals surface area contributed by atoms with Crippen molar-refractivity contribution in [3.8, 4) is 0 Å². The molecule has 14 heavy (non-hydrogen) atoms. The molecule has 1 heterocycles. The molecule has 2 unspecified atom stereocenters.